The van der Waals surface area contributed by atoms with Crippen molar-refractivity contribution >= 4 is 33.7 Å². The second kappa shape index (κ2) is 24.1. The van der Waals surface area contributed by atoms with Gasteiger partial charge in [-0.2, -0.15) is 10.5 Å². The van der Waals surface area contributed by atoms with Gasteiger partial charge in [-0.1, -0.05) is 37.3 Å². The zero-order chi connectivity index (χ0) is 36.7. The minimum Gasteiger partial charge on any atom is -0.463 e. The molecular formula is C38H49N5O7S. The van der Waals surface area contributed by atoms with Crippen molar-refractivity contribution in [2.75, 3.05) is 84.1 Å². The highest BCUT2D eigenvalue weighted by molar-refractivity contribution is 7.16. The van der Waals surface area contributed by atoms with E-state index in [4.69, 9.17) is 28.4 Å². The molecule has 0 aliphatic rings. The Morgan fingerprint density at radius 2 is 1.45 bits per heavy atom. The van der Waals surface area contributed by atoms with Crippen molar-refractivity contribution in [1.82, 2.24) is 0 Å². The Kier molecular flexibility index (Phi) is 19.4. The Morgan fingerprint density at radius 1 is 0.824 bits per heavy atom. The molecule has 0 fully saturated rings. The SMILES string of the molecule is CCCC(=O)OCCOCCOCCOCCOCCOC(CN(CC)c1ccc(N=Nc2sc(C#N)c(C)c2C#N)c(C)c1)c1ccccc1. The minimum atomic E-state index is -0.196. The number of azo groups is 1. The fraction of sp³-hybridized carbons (Fsp3) is 0.500. The van der Waals surface area contributed by atoms with Crippen LogP contribution in [-0.2, 0) is 33.2 Å². The molecule has 0 spiro atoms. The van der Waals surface area contributed by atoms with Crippen LogP contribution in [-0.4, -0.2) is 85.1 Å². The maximum Gasteiger partial charge on any atom is 0.305 e. The number of ether oxygens (including phenoxy) is 6. The quantitative estimate of drug-likeness (QED) is 0.0489. The van der Waals surface area contributed by atoms with E-state index in [9.17, 15) is 15.3 Å². The third-order valence-corrected chi connectivity index (χ3v) is 8.76. The van der Waals surface area contributed by atoms with Gasteiger partial charge in [-0.15, -0.1) is 21.6 Å². The molecule has 2 aromatic carbocycles. The van der Waals surface area contributed by atoms with Crippen molar-refractivity contribution < 1.29 is 33.2 Å². The van der Waals surface area contributed by atoms with Crippen LogP contribution in [0.3, 0.4) is 0 Å². The van der Waals surface area contributed by atoms with E-state index in [0.29, 0.717) is 99.1 Å². The highest BCUT2D eigenvalue weighted by atomic mass is 32.1. The second-order valence-electron chi connectivity index (χ2n) is 11.4. The second-order valence-corrected chi connectivity index (χ2v) is 12.4. The molecular weight excluding hydrogens is 671 g/mol. The number of carbonyl (C=O) groups is 1. The molecule has 0 bridgehead atoms. The number of anilines is 1. The molecule has 0 aliphatic carbocycles. The molecule has 3 aromatic rings. The van der Waals surface area contributed by atoms with Gasteiger partial charge in [0.2, 0.25) is 0 Å². The van der Waals surface area contributed by atoms with Gasteiger partial charge in [0, 0.05) is 25.2 Å². The van der Waals surface area contributed by atoms with Crippen molar-refractivity contribution in [2.24, 2.45) is 10.2 Å². The van der Waals surface area contributed by atoms with E-state index in [-0.39, 0.29) is 18.7 Å². The van der Waals surface area contributed by atoms with Gasteiger partial charge in [-0.3, -0.25) is 4.79 Å². The van der Waals surface area contributed by atoms with Crippen LogP contribution in [0, 0.1) is 36.5 Å². The third kappa shape index (κ3) is 14.5. The molecule has 1 heterocycles. The van der Waals surface area contributed by atoms with E-state index in [0.717, 1.165) is 29.8 Å². The lowest BCUT2D eigenvalue weighted by molar-refractivity contribution is -0.145. The summed E-state index contributed by atoms with van der Waals surface area (Å²) < 4.78 is 33.6. The highest BCUT2D eigenvalue weighted by Crippen LogP contribution is 2.36. The minimum absolute atomic E-state index is 0.177. The highest BCUT2D eigenvalue weighted by Gasteiger charge is 2.18. The lowest BCUT2D eigenvalue weighted by Crippen LogP contribution is -2.30. The van der Waals surface area contributed by atoms with E-state index < -0.39 is 0 Å². The molecule has 0 N–H and O–H groups in total. The van der Waals surface area contributed by atoms with Gasteiger partial charge >= 0.3 is 5.97 Å². The van der Waals surface area contributed by atoms with E-state index in [1.807, 2.05) is 44.2 Å². The summed E-state index contributed by atoms with van der Waals surface area (Å²) in [5.41, 5.74) is 4.77. The van der Waals surface area contributed by atoms with Gasteiger partial charge in [0.25, 0.3) is 0 Å². The first-order valence-corrected chi connectivity index (χ1v) is 18.1. The van der Waals surface area contributed by atoms with Gasteiger partial charge in [0.1, 0.15) is 29.7 Å². The third-order valence-electron chi connectivity index (χ3n) is 7.68. The first-order chi connectivity index (χ1) is 24.9. The predicted molar refractivity (Wildman–Crippen MR) is 196 cm³/mol. The van der Waals surface area contributed by atoms with Crippen LogP contribution in [0.2, 0.25) is 0 Å². The van der Waals surface area contributed by atoms with Crippen LogP contribution in [0.1, 0.15) is 59.9 Å². The standard InChI is InChI=1S/C38H49N5O7S/c1-5-10-37(44)50-24-22-48-20-18-46-16-15-45-17-19-47-21-23-49-35(31-11-8-7-9-12-31)28-43(6-2)32-13-14-34(29(3)25-32)41-42-38-33(26-39)30(4)36(27-40)51-38/h7-9,11-14,25,35H,5-6,10,15-24,28H2,1-4H3. The lowest BCUT2D eigenvalue weighted by Gasteiger charge is -2.29. The van der Waals surface area contributed by atoms with Gasteiger partial charge in [0.05, 0.1) is 70.7 Å². The number of hydrogen-bond acceptors (Lipinski definition) is 13. The number of nitriles is 2. The van der Waals surface area contributed by atoms with Crippen LogP contribution >= 0.6 is 11.3 Å². The lowest BCUT2D eigenvalue weighted by atomic mass is 10.1. The molecule has 274 valence electrons. The molecule has 0 aliphatic heterocycles. The van der Waals surface area contributed by atoms with Crippen molar-refractivity contribution in [3.63, 3.8) is 0 Å². The Hall–Kier alpha value is -4.21. The van der Waals surface area contributed by atoms with Crippen LogP contribution in [0.25, 0.3) is 0 Å². The fourth-order valence-corrected chi connectivity index (χ4v) is 5.77. The number of carbonyl (C=O) groups excluding carboxylic acids is 1. The fourth-order valence-electron chi connectivity index (χ4n) is 4.90. The van der Waals surface area contributed by atoms with Gasteiger partial charge in [-0.25, -0.2) is 0 Å². The van der Waals surface area contributed by atoms with E-state index in [1.165, 1.54) is 11.3 Å². The number of likely N-dealkylation sites (N-methyl/N-ethyl adjacent to an activating group) is 1. The van der Waals surface area contributed by atoms with Crippen LogP contribution in [0.15, 0.2) is 58.8 Å². The summed E-state index contributed by atoms with van der Waals surface area (Å²) >= 11 is 1.17. The summed E-state index contributed by atoms with van der Waals surface area (Å²) in [5.74, 6) is -0.196. The van der Waals surface area contributed by atoms with Gasteiger partial charge in [0.15, 0.2) is 5.00 Å². The topological polar surface area (TPSA) is 148 Å². The van der Waals surface area contributed by atoms with Crippen molar-refractivity contribution in [2.45, 2.75) is 46.6 Å². The summed E-state index contributed by atoms with van der Waals surface area (Å²) in [4.78, 5) is 14.0. The molecule has 12 nitrogen and oxygen atoms in total. The molecule has 13 heteroatoms. The number of nitrogens with zero attached hydrogens (tertiary/aromatic N) is 5. The maximum atomic E-state index is 11.3. The van der Waals surface area contributed by atoms with E-state index in [2.05, 4.69) is 52.4 Å². The summed E-state index contributed by atoms with van der Waals surface area (Å²) in [6.45, 7) is 13.4. The first kappa shape index (κ1) is 41.2. The molecule has 3 rings (SSSR count). The summed E-state index contributed by atoms with van der Waals surface area (Å²) in [6.07, 6.45) is 1.03. The number of benzene rings is 2. The maximum absolute atomic E-state index is 11.3. The monoisotopic (exact) mass is 719 g/mol. The molecule has 0 saturated heterocycles. The van der Waals surface area contributed by atoms with Crippen LogP contribution < -0.4 is 4.90 Å². The zero-order valence-electron chi connectivity index (χ0n) is 30.1. The zero-order valence-corrected chi connectivity index (χ0v) is 30.9. The Morgan fingerprint density at radius 3 is 2.02 bits per heavy atom. The summed E-state index contributed by atoms with van der Waals surface area (Å²) in [7, 11) is 0. The summed E-state index contributed by atoms with van der Waals surface area (Å²) in [5, 5.41) is 28.0. The predicted octanol–water partition coefficient (Wildman–Crippen LogP) is 7.52. The molecule has 0 radical (unpaired) electrons. The normalized spacial score (nSPS) is 11.7. The molecule has 51 heavy (non-hydrogen) atoms. The number of aryl methyl sites for hydroxylation is 1. The van der Waals surface area contributed by atoms with E-state index >= 15 is 0 Å². The van der Waals surface area contributed by atoms with Crippen molar-refractivity contribution in [3.05, 3.63) is 75.7 Å². The number of hydrogen-bond donors (Lipinski definition) is 0. The molecule has 1 atom stereocenters. The van der Waals surface area contributed by atoms with Gasteiger partial charge < -0.3 is 33.3 Å². The van der Waals surface area contributed by atoms with E-state index in [1.54, 1.807) is 6.92 Å². The van der Waals surface area contributed by atoms with Crippen molar-refractivity contribution in [3.8, 4) is 12.1 Å². The van der Waals surface area contributed by atoms with Crippen LogP contribution in [0.4, 0.5) is 16.4 Å². The molecule has 0 amide bonds. The summed E-state index contributed by atoms with van der Waals surface area (Å²) in [6, 6.07) is 20.4. The number of esters is 1. The van der Waals surface area contributed by atoms with Crippen molar-refractivity contribution in [1.29, 1.82) is 10.5 Å². The average molecular weight is 720 g/mol. The number of thiophene rings is 1. The average Bonchev–Trinajstić information content (AvgIpc) is 3.46. The molecule has 1 aromatic heterocycles. The molecule has 1 unspecified atom stereocenters. The Balaban J connectivity index is 1.39. The smallest absolute Gasteiger partial charge is 0.305 e. The first-order valence-electron chi connectivity index (χ1n) is 17.3. The molecule has 0 saturated carbocycles. The Labute approximate surface area is 305 Å². The number of rotatable bonds is 25. The largest absolute Gasteiger partial charge is 0.463 e. The van der Waals surface area contributed by atoms with Gasteiger partial charge in [-0.05, 0) is 62.1 Å². The van der Waals surface area contributed by atoms with Crippen LogP contribution in [0.5, 0.6) is 0 Å². The Bertz CT molecular complexity index is 1590.